The largest absolute Gasteiger partial charge is 0.497 e. The van der Waals surface area contributed by atoms with Crippen molar-refractivity contribution in [3.63, 3.8) is 0 Å². The number of carbonyl (C=O) groups excluding carboxylic acids is 1. The highest BCUT2D eigenvalue weighted by Crippen LogP contribution is 2.15. The van der Waals surface area contributed by atoms with Crippen LogP contribution in [0.5, 0.6) is 11.5 Å². The summed E-state index contributed by atoms with van der Waals surface area (Å²) in [6.07, 6.45) is 0.378. The molecule has 0 aliphatic rings. The maximum Gasteiger partial charge on any atom is 0.167 e. The van der Waals surface area contributed by atoms with Crippen LogP contribution in [0.3, 0.4) is 0 Å². The Hall–Kier alpha value is -2.78. The third-order valence-corrected chi connectivity index (χ3v) is 3.92. The van der Waals surface area contributed by atoms with Crippen molar-refractivity contribution in [2.75, 3.05) is 14.2 Å². The van der Waals surface area contributed by atoms with Crippen LogP contribution in [0, 0.1) is 0 Å². The molecule has 0 aromatic heterocycles. The van der Waals surface area contributed by atoms with Crippen molar-refractivity contribution in [1.82, 2.24) is 0 Å². The van der Waals surface area contributed by atoms with E-state index < -0.39 is 0 Å². The molecule has 3 nitrogen and oxygen atoms in total. The zero-order chi connectivity index (χ0) is 18.8. The lowest BCUT2D eigenvalue weighted by Gasteiger charge is -2.03. The number of para-hydroxylation sites is 1. The van der Waals surface area contributed by atoms with E-state index in [1.807, 2.05) is 42.5 Å². The van der Waals surface area contributed by atoms with Gasteiger partial charge >= 0.3 is 0 Å². The molecule has 4 heteroatoms. The molecule has 0 aliphatic heterocycles. The predicted octanol–water partition coefficient (Wildman–Crippen LogP) is 5.47. The van der Waals surface area contributed by atoms with Gasteiger partial charge in [-0.15, -0.1) is 0 Å². The van der Waals surface area contributed by atoms with E-state index in [2.05, 4.69) is 0 Å². The van der Waals surface area contributed by atoms with Gasteiger partial charge in [0.1, 0.15) is 11.5 Å². The van der Waals surface area contributed by atoms with Crippen LogP contribution in [0.4, 0.5) is 0 Å². The quantitative estimate of drug-likeness (QED) is 0.560. The van der Waals surface area contributed by atoms with Crippen LogP contribution in [0.1, 0.15) is 15.9 Å². The van der Waals surface area contributed by atoms with Crippen LogP contribution in [0.15, 0.2) is 78.9 Å². The monoisotopic (exact) mass is 368 g/mol. The highest BCUT2D eigenvalue weighted by atomic mass is 35.5. The fraction of sp³-hybridized carbons (Fsp3) is 0.136. The van der Waals surface area contributed by atoms with E-state index in [1.165, 1.54) is 0 Å². The number of ether oxygens (including phenoxy) is 2. The van der Waals surface area contributed by atoms with Gasteiger partial charge < -0.3 is 9.47 Å². The molecule has 0 spiro atoms. The third-order valence-electron chi connectivity index (χ3n) is 3.67. The van der Waals surface area contributed by atoms with Crippen LogP contribution < -0.4 is 9.47 Å². The molecule has 0 heterocycles. The minimum Gasteiger partial charge on any atom is -0.497 e. The molecular formula is C22H21ClO3. The molecule has 26 heavy (non-hydrogen) atoms. The highest BCUT2D eigenvalue weighted by Gasteiger charge is 2.07. The fourth-order valence-corrected chi connectivity index (χ4v) is 2.35. The van der Waals surface area contributed by atoms with Gasteiger partial charge in [0.15, 0.2) is 5.78 Å². The molecule has 3 rings (SSSR count). The summed E-state index contributed by atoms with van der Waals surface area (Å²) in [4.78, 5) is 12.0. The first-order valence-corrected chi connectivity index (χ1v) is 8.51. The molecule has 134 valence electrons. The van der Waals surface area contributed by atoms with Gasteiger partial charge in [-0.3, -0.25) is 4.79 Å². The van der Waals surface area contributed by atoms with Crippen LogP contribution in [0.2, 0.25) is 5.02 Å². The molecule has 3 aromatic carbocycles. The predicted molar refractivity (Wildman–Crippen MR) is 105 cm³/mol. The number of halogens is 1. The van der Waals surface area contributed by atoms with Crippen LogP contribution >= 0.6 is 11.6 Å². The van der Waals surface area contributed by atoms with Gasteiger partial charge in [-0.2, -0.15) is 0 Å². The number of carbonyl (C=O) groups is 1. The zero-order valence-corrected chi connectivity index (χ0v) is 15.6. The maximum atomic E-state index is 12.0. The Morgan fingerprint density at radius 2 is 1.31 bits per heavy atom. The van der Waals surface area contributed by atoms with Crippen molar-refractivity contribution in [2.45, 2.75) is 6.42 Å². The second-order valence-electron chi connectivity index (χ2n) is 5.47. The van der Waals surface area contributed by atoms with E-state index in [4.69, 9.17) is 21.1 Å². The van der Waals surface area contributed by atoms with E-state index in [0.29, 0.717) is 17.0 Å². The average Bonchev–Trinajstić information content (AvgIpc) is 2.71. The third kappa shape index (κ3) is 6.26. The fourth-order valence-electron chi connectivity index (χ4n) is 2.22. The molecular weight excluding hydrogens is 348 g/mol. The molecule has 0 radical (unpaired) electrons. The molecule has 0 saturated carbocycles. The summed E-state index contributed by atoms with van der Waals surface area (Å²) in [5.74, 6) is 1.74. The maximum absolute atomic E-state index is 12.0. The lowest BCUT2D eigenvalue weighted by atomic mass is 10.0. The average molecular weight is 369 g/mol. The minimum absolute atomic E-state index is 0.0833. The van der Waals surface area contributed by atoms with E-state index in [1.54, 1.807) is 50.6 Å². The zero-order valence-electron chi connectivity index (χ0n) is 14.8. The SMILES string of the molecule is COc1ccc(C(=O)Cc2ccc(Cl)cc2)cc1.COc1ccccc1. The molecule has 0 atom stereocenters. The first-order valence-electron chi connectivity index (χ1n) is 8.13. The van der Waals surface area contributed by atoms with E-state index >= 15 is 0 Å². The Kier molecular flexibility index (Phi) is 7.72. The second kappa shape index (κ2) is 10.3. The van der Waals surface area contributed by atoms with Gasteiger partial charge in [0.2, 0.25) is 0 Å². The lowest BCUT2D eigenvalue weighted by Crippen LogP contribution is -2.03. The van der Waals surface area contributed by atoms with Gasteiger partial charge in [0.05, 0.1) is 14.2 Å². The summed E-state index contributed by atoms with van der Waals surface area (Å²) >= 11 is 5.80. The van der Waals surface area contributed by atoms with E-state index in [-0.39, 0.29) is 5.78 Å². The van der Waals surface area contributed by atoms with Gasteiger partial charge in [-0.05, 0) is 54.1 Å². The molecule has 0 fully saturated rings. The molecule has 0 amide bonds. The van der Waals surface area contributed by atoms with Gasteiger partial charge in [-0.25, -0.2) is 0 Å². The Morgan fingerprint density at radius 1 is 0.769 bits per heavy atom. The Bertz CT molecular complexity index is 797. The summed E-state index contributed by atoms with van der Waals surface area (Å²) in [6.45, 7) is 0. The number of hydrogen-bond acceptors (Lipinski definition) is 3. The number of rotatable bonds is 5. The van der Waals surface area contributed by atoms with Gasteiger partial charge in [0, 0.05) is 17.0 Å². The van der Waals surface area contributed by atoms with Crippen molar-refractivity contribution in [1.29, 1.82) is 0 Å². The molecule has 3 aromatic rings. The second-order valence-corrected chi connectivity index (χ2v) is 5.91. The van der Waals surface area contributed by atoms with Crippen molar-refractivity contribution < 1.29 is 14.3 Å². The number of benzene rings is 3. The summed E-state index contributed by atoms with van der Waals surface area (Å²) in [5, 5.41) is 0.677. The summed E-state index contributed by atoms with van der Waals surface area (Å²) in [6, 6.07) is 24.1. The number of Topliss-reactive ketones (excluding diaryl/α,β-unsaturated/α-hetero) is 1. The van der Waals surface area contributed by atoms with Crippen molar-refractivity contribution in [3.8, 4) is 11.5 Å². The van der Waals surface area contributed by atoms with Gasteiger partial charge in [0.25, 0.3) is 0 Å². The lowest BCUT2D eigenvalue weighted by molar-refractivity contribution is 0.0993. The van der Waals surface area contributed by atoms with Crippen LogP contribution in [-0.2, 0) is 6.42 Å². The Labute approximate surface area is 159 Å². The van der Waals surface area contributed by atoms with Gasteiger partial charge in [-0.1, -0.05) is 41.9 Å². The van der Waals surface area contributed by atoms with Crippen molar-refractivity contribution >= 4 is 17.4 Å². The number of methoxy groups -OCH3 is 2. The van der Waals surface area contributed by atoms with Crippen molar-refractivity contribution in [3.05, 3.63) is 95.0 Å². The summed E-state index contributed by atoms with van der Waals surface area (Å²) in [5.41, 5.74) is 1.64. The smallest absolute Gasteiger partial charge is 0.167 e. The Morgan fingerprint density at radius 3 is 1.81 bits per heavy atom. The van der Waals surface area contributed by atoms with Crippen molar-refractivity contribution in [2.24, 2.45) is 0 Å². The van der Waals surface area contributed by atoms with Crippen LogP contribution in [-0.4, -0.2) is 20.0 Å². The molecule has 0 bridgehead atoms. The van der Waals surface area contributed by atoms with E-state index in [0.717, 1.165) is 17.1 Å². The highest BCUT2D eigenvalue weighted by molar-refractivity contribution is 6.30. The topological polar surface area (TPSA) is 35.5 Å². The summed E-state index contributed by atoms with van der Waals surface area (Å²) < 4.78 is 9.97. The minimum atomic E-state index is 0.0833. The summed E-state index contributed by atoms with van der Waals surface area (Å²) in [7, 11) is 3.26. The number of ketones is 1. The molecule has 0 N–H and O–H groups in total. The van der Waals surface area contributed by atoms with E-state index in [9.17, 15) is 4.79 Å². The molecule has 0 saturated heterocycles. The molecule has 0 aliphatic carbocycles. The number of hydrogen-bond donors (Lipinski definition) is 0. The Balaban J connectivity index is 0.000000254. The first kappa shape index (κ1) is 19.5. The molecule has 0 unspecified atom stereocenters. The standard InChI is InChI=1S/C15H13ClO2.C7H8O/c1-18-14-8-4-12(5-9-14)15(17)10-11-2-6-13(16)7-3-11;1-8-7-5-3-2-4-6-7/h2-9H,10H2,1H3;2-6H,1H3. The first-order chi connectivity index (χ1) is 12.6. The normalized spacial score (nSPS) is 9.65. The van der Waals surface area contributed by atoms with Crippen LogP contribution in [0.25, 0.3) is 0 Å².